The van der Waals surface area contributed by atoms with Crippen molar-refractivity contribution in [2.75, 3.05) is 18.9 Å². The van der Waals surface area contributed by atoms with E-state index in [-0.39, 0.29) is 23.9 Å². The van der Waals surface area contributed by atoms with Crippen LogP contribution in [0.2, 0.25) is 0 Å². The molecule has 7 heteroatoms. The minimum atomic E-state index is -0.665. The van der Waals surface area contributed by atoms with E-state index in [1.807, 2.05) is 31.9 Å². The van der Waals surface area contributed by atoms with Crippen LogP contribution in [0.25, 0.3) is 0 Å². The Labute approximate surface area is 139 Å². The molecule has 0 bridgehead atoms. The number of carbonyl (C=O) groups excluding carboxylic acids is 1. The molecule has 24 heavy (non-hydrogen) atoms. The third kappa shape index (κ3) is 5.13. The highest BCUT2D eigenvalue weighted by atomic mass is 19.1. The van der Waals surface area contributed by atoms with Crippen LogP contribution in [0.15, 0.2) is 28.8 Å². The van der Waals surface area contributed by atoms with Gasteiger partial charge in [0.15, 0.2) is 0 Å². The summed E-state index contributed by atoms with van der Waals surface area (Å²) in [5, 5.41) is 6.36. The van der Waals surface area contributed by atoms with E-state index in [9.17, 15) is 13.6 Å². The molecule has 0 radical (unpaired) electrons. The summed E-state index contributed by atoms with van der Waals surface area (Å²) in [5.41, 5.74) is 0.638. The summed E-state index contributed by atoms with van der Waals surface area (Å²) in [7, 11) is 1.85. The zero-order chi connectivity index (χ0) is 17.7. The molecule has 130 valence electrons. The van der Waals surface area contributed by atoms with Gasteiger partial charge in [-0.25, -0.2) is 8.78 Å². The van der Waals surface area contributed by atoms with E-state index in [1.54, 1.807) is 0 Å². The summed E-state index contributed by atoms with van der Waals surface area (Å²) in [4.78, 5) is 13.8. The highest BCUT2D eigenvalue weighted by molar-refractivity contribution is 5.90. The molecule has 0 unspecified atom stereocenters. The monoisotopic (exact) mass is 337 g/mol. The van der Waals surface area contributed by atoms with Crippen molar-refractivity contribution in [1.82, 2.24) is 10.1 Å². The molecule has 1 N–H and O–H groups in total. The van der Waals surface area contributed by atoms with Crippen LogP contribution in [-0.2, 0) is 11.3 Å². The molecule has 1 aromatic carbocycles. The van der Waals surface area contributed by atoms with Gasteiger partial charge in [0.1, 0.15) is 17.4 Å². The Morgan fingerprint density at radius 1 is 1.33 bits per heavy atom. The summed E-state index contributed by atoms with van der Waals surface area (Å²) >= 11 is 0. The van der Waals surface area contributed by atoms with Gasteiger partial charge in [0.25, 0.3) is 0 Å². The van der Waals surface area contributed by atoms with Gasteiger partial charge < -0.3 is 9.84 Å². The standard InChI is InChI=1S/C17H21F2N3O2/c1-11(2)16-9-13(21-24-16)10-22(3)7-6-17(23)20-15-8-12(18)4-5-14(15)19/h4-5,8-9,11H,6-7,10H2,1-3H3,(H,20,23). The van der Waals surface area contributed by atoms with Gasteiger partial charge in [-0.2, -0.15) is 0 Å². The predicted octanol–water partition coefficient (Wildman–Crippen LogP) is 3.54. The number of nitrogens with one attached hydrogen (secondary N) is 1. The van der Waals surface area contributed by atoms with Gasteiger partial charge in [0.05, 0.1) is 11.4 Å². The van der Waals surface area contributed by atoms with Crippen molar-refractivity contribution in [3.05, 3.63) is 47.4 Å². The Hall–Kier alpha value is -2.28. The lowest BCUT2D eigenvalue weighted by Gasteiger charge is -2.14. The molecular formula is C17H21F2N3O2. The molecule has 0 saturated carbocycles. The van der Waals surface area contributed by atoms with Crippen molar-refractivity contribution in [3.63, 3.8) is 0 Å². The highest BCUT2D eigenvalue weighted by Gasteiger charge is 2.12. The molecule has 1 aromatic heterocycles. The van der Waals surface area contributed by atoms with Crippen LogP contribution >= 0.6 is 0 Å². The van der Waals surface area contributed by atoms with Crippen LogP contribution in [0, 0.1) is 11.6 Å². The Balaban J connectivity index is 1.81. The van der Waals surface area contributed by atoms with Crippen molar-refractivity contribution in [1.29, 1.82) is 0 Å². The minimum Gasteiger partial charge on any atom is -0.361 e. The van der Waals surface area contributed by atoms with Crippen molar-refractivity contribution in [2.45, 2.75) is 32.7 Å². The molecule has 0 atom stereocenters. The number of benzene rings is 1. The van der Waals surface area contributed by atoms with E-state index in [4.69, 9.17) is 4.52 Å². The number of amides is 1. The third-order valence-electron chi connectivity index (χ3n) is 3.50. The Morgan fingerprint density at radius 3 is 2.75 bits per heavy atom. The lowest BCUT2D eigenvalue weighted by Crippen LogP contribution is -2.24. The van der Waals surface area contributed by atoms with E-state index in [2.05, 4.69) is 10.5 Å². The van der Waals surface area contributed by atoms with Crippen LogP contribution < -0.4 is 5.32 Å². The Morgan fingerprint density at radius 2 is 2.08 bits per heavy atom. The first-order valence-corrected chi connectivity index (χ1v) is 7.74. The van der Waals surface area contributed by atoms with Gasteiger partial charge in [-0.15, -0.1) is 0 Å². The molecule has 5 nitrogen and oxygen atoms in total. The lowest BCUT2D eigenvalue weighted by atomic mass is 10.1. The summed E-state index contributed by atoms with van der Waals surface area (Å²) in [6, 6.07) is 4.83. The zero-order valence-corrected chi connectivity index (χ0v) is 14.0. The first-order chi connectivity index (χ1) is 11.3. The predicted molar refractivity (Wildman–Crippen MR) is 86.5 cm³/mol. The Kier molecular flexibility index (Phi) is 6.03. The van der Waals surface area contributed by atoms with Crippen LogP contribution in [0.5, 0.6) is 0 Å². The number of hydrogen-bond donors (Lipinski definition) is 1. The number of aromatic nitrogens is 1. The van der Waals surface area contributed by atoms with Crippen LogP contribution in [-0.4, -0.2) is 29.6 Å². The maximum atomic E-state index is 13.5. The van der Waals surface area contributed by atoms with Gasteiger partial charge >= 0.3 is 0 Å². The smallest absolute Gasteiger partial charge is 0.225 e. The van der Waals surface area contributed by atoms with Gasteiger partial charge in [-0.3, -0.25) is 9.69 Å². The van der Waals surface area contributed by atoms with Crippen molar-refractivity contribution >= 4 is 11.6 Å². The molecule has 0 aliphatic heterocycles. The molecule has 0 fully saturated rings. The second-order valence-electron chi connectivity index (χ2n) is 6.04. The summed E-state index contributed by atoms with van der Waals surface area (Å²) in [5.74, 6) is -0.562. The van der Waals surface area contributed by atoms with Gasteiger partial charge in [0.2, 0.25) is 5.91 Å². The second kappa shape index (κ2) is 8.01. The number of halogens is 2. The molecule has 2 aromatic rings. The molecule has 0 saturated heterocycles. The average molecular weight is 337 g/mol. The molecule has 0 spiro atoms. The average Bonchev–Trinajstić information content (AvgIpc) is 2.98. The van der Waals surface area contributed by atoms with Crippen molar-refractivity contribution in [2.24, 2.45) is 0 Å². The molecule has 2 rings (SSSR count). The van der Waals surface area contributed by atoms with E-state index in [1.165, 1.54) is 0 Å². The number of nitrogens with zero attached hydrogens (tertiary/aromatic N) is 2. The van der Waals surface area contributed by atoms with E-state index < -0.39 is 11.6 Å². The van der Waals surface area contributed by atoms with Crippen molar-refractivity contribution < 1.29 is 18.1 Å². The first kappa shape index (κ1) is 18.1. The quantitative estimate of drug-likeness (QED) is 0.840. The fraction of sp³-hybridized carbons (Fsp3) is 0.412. The zero-order valence-electron chi connectivity index (χ0n) is 14.0. The van der Waals surface area contributed by atoms with Crippen LogP contribution in [0.1, 0.15) is 37.6 Å². The van der Waals surface area contributed by atoms with E-state index >= 15 is 0 Å². The third-order valence-corrected chi connectivity index (χ3v) is 3.50. The molecule has 1 heterocycles. The Bertz CT molecular complexity index is 701. The fourth-order valence-corrected chi connectivity index (χ4v) is 2.13. The van der Waals surface area contributed by atoms with E-state index in [0.717, 1.165) is 29.7 Å². The topological polar surface area (TPSA) is 58.4 Å². The van der Waals surface area contributed by atoms with Crippen LogP contribution in [0.4, 0.5) is 14.5 Å². The lowest BCUT2D eigenvalue weighted by molar-refractivity contribution is -0.116. The number of anilines is 1. The number of hydrogen-bond acceptors (Lipinski definition) is 4. The molecule has 0 aliphatic rings. The molecular weight excluding hydrogens is 316 g/mol. The van der Waals surface area contributed by atoms with Gasteiger partial charge in [-0.1, -0.05) is 19.0 Å². The fourth-order valence-electron chi connectivity index (χ4n) is 2.13. The number of carbonyl (C=O) groups is 1. The number of rotatable bonds is 7. The largest absolute Gasteiger partial charge is 0.361 e. The first-order valence-electron chi connectivity index (χ1n) is 7.74. The highest BCUT2D eigenvalue weighted by Crippen LogP contribution is 2.17. The molecule has 1 amide bonds. The van der Waals surface area contributed by atoms with Crippen LogP contribution in [0.3, 0.4) is 0 Å². The summed E-state index contributed by atoms with van der Waals surface area (Å²) in [6.07, 6.45) is 0.154. The minimum absolute atomic E-state index is 0.152. The summed E-state index contributed by atoms with van der Waals surface area (Å²) in [6.45, 7) is 5.03. The van der Waals surface area contributed by atoms with Crippen molar-refractivity contribution in [3.8, 4) is 0 Å². The normalized spacial score (nSPS) is 11.3. The van der Waals surface area contributed by atoms with Gasteiger partial charge in [-0.05, 0) is 19.2 Å². The maximum Gasteiger partial charge on any atom is 0.225 e. The maximum absolute atomic E-state index is 13.5. The molecule has 0 aliphatic carbocycles. The van der Waals surface area contributed by atoms with Gasteiger partial charge in [0, 0.05) is 37.6 Å². The SMILES string of the molecule is CC(C)c1cc(CN(C)CCC(=O)Nc2cc(F)ccc2F)no1. The van der Waals surface area contributed by atoms with E-state index in [0.29, 0.717) is 13.1 Å². The second-order valence-corrected chi connectivity index (χ2v) is 6.04. The summed E-state index contributed by atoms with van der Waals surface area (Å²) < 4.78 is 31.8.